The van der Waals surface area contributed by atoms with Crippen molar-refractivity contribution in [3.8, 4) is 11.6 Å². The minimum absolute atomic E-state index is 0.467. The van der Waals surface area contributed by atoms with Gasteiger partial charge in [0.1, 0.15) is 0 Å². The molecule has 0 bridgehead atoms. The second-order valence-electron chi connectivity index (χ2n) is 10.5. The van der Waals surface area contributed by atoms with Crippen LogP contribution in [-0.2, 0) is 17.6 Å². The van der Waals surface area contributed by atoms with E-state index in [-0.39, 0.29) is 0 Å². The van der Waals surface area contributed by atoms with Crippen LogP contribution >= 0.6 is 9.64 Å². The molecule has 2 atom stereocenters. The van der Waals surface area contributed by atoms with Crippen LogP contribution in [0.4, 0.5) is 0 Å². The van der Waals surface area contributed by atoms with Crippen molar-refractivity contribution < 1.29 is 17.6 Å². The van der Waals surface area contributed by atoms with Crippen molar-refractivity contribution >= 4 is 9.64 Å². The van der Waals surface area contributed by atoms with Crippen LogP contribution in [0.5, 0.6) is 0 Å². The summed E-state index contributed by atoms with van der Waals surface area (Å²) in [5.41, 5.74) is 4.67. The first-order valence-corrected chi connectivity index (χ1v) is 17.4. The molecule has 6 aromatic rings. The van der Waals surface area contributed by atoms with Crippen molar-refractivity contribution in [3.05, 3.63) is 121 Å². The van der Waals surface area contributed by atoms with Crippen LogP contribution in [0.15, 0.2) is 98.9 Å². The zero-order valence-corrected chi connectivity index (χ0v) is 29.3. The molecular formula is C32H40ClN10Os. The van der Waals surface area contributed by atoms with Gasteiger partial charge < -0.3 is 9.13 Å². The van der Waals surface area contributed by atoms with Crippen molar-refractivity contribution in [2.45, 2.75) is 66.5 Å². The molecule has 44 heavy (non-hydrogen) atoms. The summed E-state index contributed by atoms with van der Waals surface area (Å²) in [6.45, 7) is 12.5. The Morgan fingerprint density at radius 2 is 1.18 bits per heavy atom. The van der Waals surface area contributed by atoms with E-state index < -0.39 is 0 Å². The first-order chi connectivity index (χ1) is 21.3. The Morgan fingerprint density at radius 1 is 0.705 bits per heavy atom. The Kier molecular flexibility index (Phi) is 14.1. The van der Waals surface area contributed by atoms with E-state index >= 15 is 0 Å². The standard InChI is InChI=1S/C12H18N4.2C10H11N3.ClH.Os/c1-3-12(16-7-5-14-10-16)8-11(2)15-6-4-13-9-15;2*1-8-3-4-11-10(5-8)13-7-9(2)6-12-13;;/h4-7,9-12H,3,8H2,1-2H3;2*3-7H,1-2H3;1H;/q;;;;+1/p-1. The van der Waals surface area contributed by atoms with Crippen LogP contribution < -0.4 is 0 Å². The third-order valence-corrected chi connectivity index (χ3v) is 6.76. The number of hydrogen-bond acceptors (Lipinski definition) is 6. The quantitative estimate of drug-likeness (QED) is 0.171. The van der Waals surface area contributed by atoms with E-state index in [0.29, 0.717) is 12.1 Å². The topological polar surface area (TPSA) is 97.1 Å². The van der Waals surface area contributed by atoms with E-state index in [1.54, 1.807) is 21.8 Å². The van der Waals surface area contributed by atoms with E-state index in [4.69, 9.17) is 0 Å². The molecule has 0 aromatic carbocycles. The Morgan fingerprint density at radius 3 is 1.55 bits per heavy atom. The summed E-state index contributed by atoms with van der Waals surface area (Å²) >= 11 is 1.33. The molecule has 0 radical (unpaired) electrons. The zero-order chi connectivity index (χ0) is 31.9. The Balaban J connectivity index is 0.000000176. The molecule has 0 aliphatic carbocycles. The van der Waals surface area contributed by atoms with Gasteiger partial charge >= 0.3 is 27.2 Å². The maximum atomic E-state index is 4.67. The van der Waals surface area contributed by atoms with Crippen molar-refractivity contribution in [3.63, 3.8) is 0 Å². The molecule has 0 spiro atoms. The predicted octanol–water partition coefficient (Wildman–Crippen LogP) is 7.14. The van der Waals surface area contributed by atoms with Crippen LogP contribution in [0.2, 0.25) is 0 Å². The Hall–Kier alpha value is -3.93. The second-order valence-corrected chi connectivity index (χ2v) is 10.5. The van der Waals surface area contributed by atoms with Gasteiger partial charge in [-0.2, -0.15) is 10.2 Å². The summed E-state index contributed by atoms with van der Waals surface area (Å²) in [4.78, 5) is 16.6. The number of pyridine rings is 2. The molecule has 2 unspecified atom stereocenters. The van der Waals surface area contributed by atoms with E-state index in [9.17, 15) is 0 Å². The van der Waals surface area contributed by atoms with Gasteiger partial charge in [-0.3, -0.25) is 0 Å². The molecule has 6 heterocycles. The van der Waals surface area contributed by atoms with Crippen LogP contribution in [0.3, 0.4) is 0 Å². The number of hydrogen-bond donors (Lipinski definition) is 0. The first kappa shape index (κ1) is 34.6. The van der Waals surface area contributed by atoms with E-state index in [1.807, 2.05) is 114 Å². The van der Waals surface area contributed by atoms with Gasteiger partial charge in [-0.25, -0.2) is 29.3 Å². The van der Waals surface area contributed by atoms with Gasteiger partial charge in [0.25, 0.3) is 0 Å². The number of aryl methyl sites for hydroxylation is 4. The average Bonchev–Trinajstić information content (AvgIpc) is 3.86. The molecule has 233 valence electrons. The number of imidazole rings is 2. The van der Waals surface area contributed by atoms with E-state index in [1.165, 1.54) is 28.7 Å². The molecule has 12 heteroatoms. The molecule has 0 aliphatic rings. The van der Waals surface area contributed by atoms with Crippen molar-refractivity contribution in [2.24, 2.45) is 0 Å². The SMILES string of the molecule is CCC(CC(C)n1ccnc1)n1ccnc1.Cc1ccnc(-n2cc(C)cn2)c1.Cc1ccnc(-n2cc(C)cn2)c1.[Cl][Os]. The van der Waals surface area contributed by atoms with Crippen molar-refractivity contribution in [1.82, 2.24) is 48.6 Å². The minimum atomic E-state index is 0.467. The summed E-state index contributed by atoms with van der Waals surface area (Å²) in [5.74, 6) is 1.74. The van der Waals surface area contributed by atoms with Gasteiger partial charge in [-0.15, -0.1) is 0 Å². The molecule has 0 aliphatic heterocycles. The third kappa shape index (κ3) is 10.7. The number of nitrogens with zero attached hydrogens (tertiary/aromatic N) is 10. The van der Waals surface area contributed by atoms with Gasteiger partial charge in [-0.1, -0.05) is 6.92 Å². The van der Waals surface area contributed by atoms with Crippen LogP contribution in [0.25, 0.3) is 11.6 Å². The van der Waals surface area contributed by atoms with Gasteiger partial charge in [0.2, 0.25) is 0 Å². The summed E-state index contributed by atoms with van der Waals surface area (Å²) < 4.78 is 7.90. The van der Waals surface area contributed by atoms with E-state index in [0.717, 1.165) is 35.6 Å². The fourth-order valence-corrected chi connectivity index (χ4v) is 4.40. The molecule has 6 aromatic heterocycles. The van der Waals surface area contributed by atoms with Crippen molar-refractivity contribution in [2.75, 3.05) is 0 Å². The molecular weight excluding hydrogens is 750 g/mol. The summed E-state index contributed by atoms with van der Waals surface area (Å²) in [6, 6.07) is 8.94. The number of halogens is 1. The summed E-state index contributed by atoms with van der Waals surface area (Å²) in [6.07, 6.45) is 24.9. The summed E-state index contributed by atoms with van der Waals surface area (Å²) in [5, 5.41) is 8.36. The average molecular weight is 790 g/mol. The fraction of sp³-hybridized carbons (Fsp3) is 0.312. The molecule has 0 amide bonds. The molecule has 0 saturated carbocycles. The predicted molar refractivity (Wildman–Crippen MR) is 171 cm³/mol. The Labute approximate surface area is 274 Å². The van der Waals surface area contributed by atoms with Crippen LogP contribution in [0.1, 0.15) is 61.0 Å². The van der Waals surface area contributed by atoms with E-state index in [2.05, 4.69) is 62.8 Å². The van der Waals surface area contributed by atoms with Gasteiger partial charge in [-0.05, 0) is 94.0 Å². The van der Waals surface area contributed by atoms with Crippen LogP contribution in [0, 0.1) is 27.7 Å². The van der Waals surface area contributed by atoms with Gasteiger partial charge in [0, 0.05) is 61.7 Å². The molecule has 0 fully saturated rings. The Bertz CT molecular complexity index is 1540. The normalized spacial score (nSPS) is 11.6. The molecule has 10 nitrogen and oxygen atoms in total. The second kappa shape index (κ2) is 18.0. The fourth-order valence-electron chi connectivity index (χ4n) is 4.40. The number of aromatic nitrogens is 10. The zero-order valence-electron chi connectivity index (χ0n) is 26.0. The van der Waals surface area contributed by atoms with Gasteiger partial charge in [0.15, 0.2) is 11.6 Å². The summed E-state index contributed by atoms with van der Waals surface area (Å²) in [7, 11) is 4.67. The molecule has 6 rings (SSSR count). The monoisotopic (exact) mass is 791 g/mol. The first-order valence-electron chi connectivity index (χ1n) is 14.3. The molecule has 0 N–H and O–H groups in total. The third-order valence-electron chi connectivity index (χ3n) is 6.76. The van der Waals surface area contributed by atoms with Crippen molar-refractivity contribution in [1.29, 1.82) is 0 Å². The molecule has 0 saturated heterocycles. The maximum absolute atomic E-state index is 4.67. The van der Waals surface area contributed by atoms with Gasteiger partial charge in [0.05, 0.1) is 25.0 Å². The number of rotatable bonds is 7. The van der Waals surface area contributed by atoms with Crippen LogP contribution in [-0.4, -0.2) is 48.6 Å².